The molecule has 0 saturated carbocycles. The van der Waals surface area contributed by atoms with Crippen molar-refractivity contribution in [2.45, 2.75) is 93.8 Å². The summed E-state index contributed by atoms with van der Waals surface area (Å²) in [6.45, 7) is 2.81. The van der Waals surface area contributed by atoms with Crippen molar-refractivity contribution in [2.75, 3.05) is 62.6 Å². The number of carbonyl (C=O) groups is 4. The lowest BCUT2D eigenvalue weighted by molar-refractivity contribution is -0.236. The molecule has 6 amide bonds. The lowest BCUT2D eigenvalue weighted by Gasteiger charge is -2.40. The molecule has 0 bridgehead atoms. The van der Waals surface area contributed by atoms with Gasteiger partial charge in [0.2, 0.25) is 11.8 Å². The molecule has 2 unspecified atom stereocenters. The summed E-state index contributed by atoms with van der Waals surface area (Å²) in [6.07, 6.45) is -0.941. The highest BCUT2D eigenvalue weighted by atomic mass is 79.9. The smallest absolute Gasteiger partial charge is 0.322 e. The molecule has 5 heterocycles. The molecule has 0 radical (unpaired) electrons. The molecular weight excluding hydrogens is 974 g/mol. The number of fused-ring (bicyclic) bond motifs is 1. The van der Waals surface area contributed by atoms with Crippen LogP contribution in [0.4, 0.5) is 21.0 Å². The Bertz CT molecular complexity index is 2100. The summed E-state index contributed by atoms with van der Waals surface area (Å²) >= 11 is 6.73. The molecular formula is C44H57Br2N9O10. The molecule has 2 aromatic carbocycles. The second-order valence-corrected chi connectivity index (χ2v) is 18.5. The largest absolute Gasteiger partial charge is 0.506 e. The Balaban J connectivity index is 1.03. The van der Waals surface area contributed by atoms with E-state index in [-0.39, 0.29) is 43.1 Å². The Morgan fingerprint density at radius 2 is 1.55 bits per heavy atom. The molecule has 352 valence electrons. The van der Waals surface area contributed by atoms with Gasteiger partial charge in [-0.3, -0.25) is 19.9 Å². The van der Waals surface area contributed by atoms with Crippen LogP contribution in [0.3, 0.4) is 0 Å². The zero-order chi connectivity index (χ0) is 46.2. The first kappa shape index (κ1) is 48.3. The summed E-state index contributed by atoms with van der Waals surface area (Å²) in [5.41, 5.74) is 3.41. The van der Waals surface area contributed by atoms with Gasteiger partial charge in [0.05, 0.1) is 15.6 Å². The fourth-order valence-corrected chi connectivity index (χ4v) is 10.1. The summed E-state index contributed by atoms with van der Waals surface area (Å²) in [6, 6.07) is 11.9. The van der Waals surface area contributed by atoms with E-state index in [1.54, 1.807) is 39.2 Å². The van der Waals surface area contributed by atoms with Crippen LogP contribution in [0.25, 0.3) is 0 Å². The third-order valence-corrected chi connectivity index (χ3v) is 13.8. The van der Waals surface area contributed by atoms with Gasteiger partial charge in [-0.15, -0.1) is 0 Å². The number of rotatable bonds is 15. The van der Waals surface area contributed by atoms with Gasteiger partial charge in [-0.1, -0.05) is 18.2 Å². The van der Waals surface area contributed by atoms with Crippen LogP contribution in [-0.2, 0) is 27.3 Å². The molecule has 65 heavy (non-hydrogen) atoms. The number of urea groups is 2. The minimum Gasteiger partial charge on any atom is -0.506 e. The van der Waals surface area contributed by atoms with E-state index in [0.717, 1.165) is 16.9 Å². The fraction of sp³-hybridized carbons (Fsp3) is 0.523. The Morgan fingerprint density at radius 3 is 2.25 bits per heavy atom. The minimum atomic E-state index is -1.53. The van der Waals surface area contributed by atoms with E-state index in [9.17, 15) is 44.7 Å². The third-order valence-electron chi connectivity index (χ3n) is 12.6. The van der Waals surface area contributed by atoms with Gasteiger partial charge in [0.25, 0.3) is 0 Å². The minimum absolute atomic E-state index is 0.0212. The van der Waals surface area contributed by atoms with E-state index in [2.05, 4.69) is 63.0 Å². The number of benzene rings is 2. The van der Waals surface area contributed by atoms with Crippen molar-refractivity contribution in [3.63, 3.8) is 0 Å². The highest BCUT2D eigenvalue weighted by Gasteiger charge is 2.43. The van der Waals surface area contributed by atoms with E-state index < -0.39 is 61.3 Å². The lowest BCUT2D eigenvalue weighted by atomic mass is 9.98. The number of aromatic hydroxyl groups is 1. The van der Waals surface area contributed by atoms with E-state index >= 15 is 0 Å². The number of likely N-dealkylation sites (tertiary alicyclic amines) is 1. The quantitative estimate of drug-likeness (QED) is 0.0988. The number of pyridine rings is 1. The number of phenolic OH excluding ortho intramolecular Hbond substituents is 1. The number of unbranched alkanes of at least 4 members (excludes halogenated alkanes) is 1. The molecule has 3 aromatic rings. The maximum absolute atomic E-state index is 14.5. The predicted octanol–water partition coefficient (Wildman–Crippen LogP) is 1.84. The van der Waals surface area contributed by atoms with Crippen molar-refractivity contribution in [2.24, 2.45) is 0 Å². The molecule has 4 aliphatic heterocycles. The van der Waals surface area contributed by atoms with Crippen LogP contribution in [-0.4, -0.2) is 170 Å². The predicted molar refractivity (Wildman–Crippen MR) is 246 cm³/mol. The fourth-order valence-electron chi connectivity index (χ4n) is 8.80. The number of halogens is 2. The zero-order valence-corrected chi connectivity index (χ0v) is 38.9. The van der Waals surface area contributed by atoms with E-state index in [1.165, 1.54) is 0 Å². The number of aliphatic hydroxyl groups excluding tert-OH is 4. The second-order valence-electron chi connectivity index (χ2n) is 16.8. The highest BCUT2D eigenvalue weighted by molar-refractivity contribution is 9.11. The van der Waals surface area contributed by atoms with Crippen molar-refractivity contribution in [1.82, 2.24) is 35.6 Å². The molecule has 0 aliphatic carbocycles. The number of amides is 6. The number of phenols is 1. The first-order chi connectivity index (χ1) is 31.3. The molecule has 3 saturated heterocycles. The number of ether oxygens (including phenoxy) is 1. The average Bonchev–Trinajstić information content (AvgIpc) is 3.32. The van der Waals surface area contributed by atoms with Crippen molar-refractivity contribution < 1.29 is 49.4 Å². The molecule has 19 nitrogen and oxygen atoms in total. The van der Waals surface area contributed by atoms with Crippen LogP contribution in [0.5, 0.6) is 5.75 Å². The third kappa shape index (κ3) is 11.9. The summed E-state index contributed by atoms with van der Waals surface area (Å²) < 4.78 is 6.34. The Labute approximate surface area is 393 Å². The Morgan fingerprint density at radius 1 is 0.862 bits per heavy atom. The molecule has 4 aliphatic rings. The van der Waals surface area contributed by atoms with Crippen LogP contribution >= 0.6 is 31.9 Å². The van der Waals surface area contributed by atoms with Crippen LogP contribution in [0.1, 0.15) is 43.2 Å². The summed E-state index contributed by atoms with van der Waals surface area (Å²) in [5.74, 6) is -0.880. The van der Waals surface area contributed by atoms with E-state index in [1.807, 2.05) is 36.4 Å². The molecule has 21 heteroatoms. The normalized spacial score (nSPS) is 23.6. The van der Waals surface area contributed by atoms with Gasteiger partial charge in [0.1, 0.15) is 48.5 Å². The Hall–Kier alpha value is -4.61. The maximum Gasteiger partial charge on any atom is 0.322 e. The molecule has 1 aromatic heterocycles. The maximum atomic E-state index is 14.5. The SMILES string of the molecule is O=C(N[C@@H](CCCCN[C@H]1OC(CO)[C@@H](O)C(O)[C@H]1O)C(=O)N1CCN(c2ccncc2)CC1)[C@@H](Cc1cc(Br)c(O)c(Br)c1)NC(=O)N1CCC(N2Cc3ccccc3NC2=O)CC1. The number of piperidine rings is 1. The number of hydrogen-bond acceptors (Lipinski definition) is 13. The van der Waals surface area contributed by atoms with Crippen molar-refractivity contribution >= 4 is 67.1 Å². The van der Waals surface area contributed by atoms with Gasteiger partial charge in [-0.2, -0.15) is 0 Å². The number of anilines is 2. The molecule has 7 rings (SSSR count). The van der Waals surface area contributed by atoms with Gasteiger partial charge in [-0.25, -0.2) is 9.59 Å². The van der Waals surface area contributed by atoms with Crippen LogP contribution in [0.15, 0.2) is 69.9 Å². The monoisotopic (exact) mass is 1030 g/mol. The molecule has 0 spiro atoms. The molecule has 9 N–H and O–H groups in total. The topological polar surface area (TPSA) is 253 Å². The highest BCUT2D eigenvalue weighted by Crippen LogP contribution is 2.34. The number of carbonyl (C=O) groups excluding carboxylic acids is 4. The van der Waals surface area contributed by atoms with Gasteiger partial charge < -0.3 is 65.8 Å². The van der Waals surface area contributed by atoms with Gasteiger partial charge in [0.15, 0.2) is 0 Å². The summed E-state index contributed by atoms with van der Waals surface area (Å²) in [4.78, 5) is 67.3. The lowest BCUT2D eigenvalue weighted by Crippen LogP contribution is -2.62. The number of nitrogens with one attached hydrogen (secondary N) is 4. The van der Waals surface area contributed by atoms with Crippen LogP contribution < -0.4 is 26.2 Å². The van der Waals surface area contributed by atoms with E-state index in [4.69, 9.17) is 4.74 Å². The first-order valence-electron chi connectivity index (χ1n) is 22.0. The van der Waals surface area contributed by atoms with Gasteiger partial charge in [0, 0.05) is 82.0 Å². The number of para-hydroxylation sites is 1. The Kier molecular flexibility index (Phi) is 16.5. The molecule has 7 atom stereocenters. The van der Waals surface area contributed by atoms with Crippen molar-refractivity contribution in [3.05, 3.63) is 81.0 Å². The number of aliphatic hydroxyl groups is 4. The van der Waals surface area contributed by atoms with E-state index in [0.29, 0.717) is 86.0 Å². The second kappa shape index (κ2) is 22.3. The zero-order valence-electron chi connectivity index (χ0n) is 35.8. The standard InChI is InChI=1S/C44H57Br2N9O10/c45-30-21-26(22-31(46)36(30)57)23-34(51-43(63)54-15-10-29(11-16-54)55-24-27-5-1-2-6-32(27)50-44(55)64)40(61)49-33(42(62)53-19-17-52(18-20-53)28-8-13-47-14-9-28)7-3-4-12-48-41-39(60)38(59)37(58)35(25-56)65-41/h1-2,5-6,8-9,13-14,21-22,29,33-35,37-39,41,48,56-60H,3-4,7,10-12,15-20,23-25H2,(H,49,61)(H,50,64)(H,51,63)/t33-,34+,35?,37+,38?,39+,41-/m0/s1. The average molecular weight is 1030 g/mol. The number of aromatic nitrogens is 1. The summed E-state index contributed by atoms with van der Waals surface area (Å²) in [7, 11) is 0. The number of piperazine rings is 1. The van der Waals surface area contributed by atoms with Crippen molar-refractivity contribution in [1.29, 1.82) is 0 Å². The van der Waals surface area contributed by atoms with Gasteiger partial charge >= 0.3 is 12.1 Å². The van der Waals surface area contributed by atoms with Gasteiger partial charge in [-0.05, 0) is 112 Å². The molecule has 3 fully saturated rings. The van der Waals surface area contributed by atoms with Crippen molar-refractivity contribution in [3.8, 4) is 5.75 Å². The van der Waals surface area contributed by atoms with Crippen LogP contribution in [0, 0.1) is 0 Å². The van der Waals surface area contributed by atoms with Crippen LogP contribution in [0.2, 0.25) is 0 Å². The first-order valence-corrected chi connectivity index (χ1v) is 23.6. The number of nitrogens with zero attached hydrogens (tertiary/aromatic N) is 5. The summed E-state index contributed by atoms with van der Waals surface area (Å²) in [5, 5.41) is 62.7. The number of hydrogen-bond donors (Lipinski definition) is 9.